The zero-order valence-electron chi connectivity index (χ0n) is 22.9. The van der Waals surface area contributed by atoms with Gasteiger partial charge in [-0.1, -0.05) is 97.0 Å². The third-order valence-corrected chi connectivity index (χ3v) is 7.16. The Morgan fingerprint density at radius 2 is 1.33 bits per heavy atom. The van der Waals surface area contributed by atoms with Crippen LogP contribution in [-0.2, 0) is 9.47 Å². The average Bonchev–Trinajstić information content (AvgIpc) is 2.93. The van der Waals surface area contributed by atoms with Crippen molar-refractivity contribution >= 4 is 0 Å². The Balaban J connectivity index is 1.33. The summed E-state index contributed by atoms with van der Waals surface area (Å²) in [6, 6.07) is 12.4. The van der Waals surface area contributed by atoms with Gasteiger partial charge in [-0.3, -0.25) is 4.98 Å². The molecule has 0 saturated carbocycles. The van der Waals surface area contributed by atoms with Gasteiger partial charge in [0.15, 0.2) is 6.29 Å². The van der Waals surface area contributed by atoms with Crippen molar-refractivity contribution in [2.24, 2.45) is 5.92 Å². The molecule has 0 N–H and O–H groups in total. The largest absolute Gasteiger partial charge is 0.494 e. The van der Waals surface area contributed by atoms with E-state index in [1.54, 1.807) is 0 Å². The molecule has 0 spiro atoms. The minimum Gasteiger partial charge on any atom is -0.494 e. The Hall–Kier alpha value is -1.91. The fourth-order valence-electron chi connectivity index (χ4n) is 4.80. The molecule has 2 heterocycles. The molecule has 0 bridgehead atoms. The fourth-order valence-corrected chi connectivity index (χ4v) is 4.80. The summed E-state index contributed by atoms with van der Waals surface area (Å²) in [6.07, 6.45) is 19.9. The maximum atomic E-state index is 6.02. The van der Waals surface area contributed by atoms with E-state index in [1.165, 1.54) is 83.5 Å². The van der Waals surface area contributed by atoms with Crippen LogP contribution in [0.1, 0.15) is 116 Å². The summed E-state index contributed by atoms with van der Waals surface area (Å²) in [5.74, 6) is 1.45. The molecule has 4 heteroatoms. The van der Waals surface area contributed by atoms with Gasteiger partial charge < -0.3 is 14.2 Å². The van der Waals surface area contributed by atoms with Crippen molar-refractivity contribution in [3.05, 3.63) is 48.2 Å². The molecule has 1 aliphatic rings. The zero-order chi connectivity index (χ0) is 25.3. The van der Waals surface area contributed by atoms with E-state index in [4.69, 9.17) is 14.2 Å². The van der Waals surface area contributed by atoms with E-state index < -0.39 is 0 Å². The Kier molecular flexibility index (Phi) is 14.0. The van der Waals surface area contributed by atoms with E-state index in [0.29, 0.717) is 5.92 Å². The Morgan fingerprint density at radius 3 is 1.94 bits per heavy atom. The van der Waals surface area contributed by atoms with Crippen LogP contribution in [0.4, 0.5) is 0 Å². The number of hydrogen-bond acceptors (Lipinski definition) is 4. The molecule has 0 unspecified atom stereocenters. The third-order valence-electron chi connectivity index (χ3n) is 7.16. The number of hydrogen-bond donors (Lipinski definition) is 0. The highest BCUT2D eigenvalue weighted by atomic mass is 16.7. The third kappa shape index (κ3) is 10.6. The minimum absolute atomic E-state index is 0.296. The topological polar surface area (TPSA) is 40.6 Å². The van der Waals surface area contributed by atoms with Gasteiger partial charge in [-0.2, -0.15) is 0 Å². The summed E-state index contributed by atoms with van der Waals surface area (Å²) in [6.45, 7) is 6.88. The summed E-state index contributed by atoms with van der Waals surface area (Å²) in [7, 11) is 0. The average molecular weight is 496 g/mol. The highest BCUT2D eigenvalue weighted by Gasteiger charge is 2.23. The van der Waals surface area contributed by atoms with Gasteiger partial charge in [-0.25, -0.2) is 0 Å². The van der Waals surface area contributed by atoms with E-state index in [-0.39, 0.29) is 6.29 Å². The Bertz CT molecular complexity index is 797. The molecular formula is C32H49NO3. The van der Waals surface area contributed by atoms with E-state index >= 15 is 0 Å². The van der Waals surface area contributed by atoms with E-state index in [0.717, 1.165) is 48.8 Å². The molecule has 1 aromatic carbocycles. The summed E-state index contributed by atoms with van der Waals surface area (Å²) in [5.41, 5.74) is 3.04. The van der Waals surface area contributed by atoms with Crippen LogP contribution >= 0.6 is 0 Å². The van der Waals surface area contributed by atoms with Gasteiger partial charge in [-0.15, -0.1) is 0 Å². The van der Waals surface area contributed by atoms with Crippen LogP contribution in [0.5, 0.6) is 5.75 Å². The Labute approximate surface area is 220 Å². The smallest absolute Gasteiger partial charge is 0.185 e. The number of ether oxygens (including phenoxy) is 3. The quantitative estimate of drug-likeness (QED) is 0.193. The van der Waals surface area contributed by atoms with Crippen LogP contribution in [0.2, 0.25) is 0 Å². The fraction of sp³-hybridized carbons (Fsp3) is 0.656. The summed E-state index contributed by atoms with van der Waals surface area (Å²) in [4.78, 5) is 4.67. The molecule has 1 aliphatic heterocycles. The van der Waals surface area contributed by atoms with Crippen LogP contribution in [0.3, 0.4) is 0 Å². The number of nitrogens with zero attached hydrogens (tertiary/aromatic N) is 1. The second-order valence-corrected chi connectivity index (χ2v) is 10.4. The highest BCUT2D eigenvalue weighted by molar-refractivity contribution is 5.60. The summed E-state index contributed by atoms with van der Waals surface area (Å²) in [5, 5.41) is 0. The van der Waals surface area contributed by atoms with Crippen LogP contribution in [0.15, 0.2) is 42.6 Å². The number of aromatic nitrogens is 1. The number of unbranched alkanes of at least 4 members (excludes halogenated alkanes) is 11. The van der Waals surface area contributed by atoms with Crippen molar-refractivity contribution in [1.29, 1.82) is 0 Å². The molecule has 200 valence electrons. The lowest BCUT2D eigenvalue weighted by Gasteiger charge is -2.29. The van der Waals surface area contributed by atoms with Crippen LogP contribution < -0.4 is 4.74 Å². The Morgan fingerprint density at radius 1 is 0.722 bits per heavy atom. The first kappa shape index (κ1) is 28.7. The maximum Gasteiger partial charge on any atom is 0.185 e. The molecule has 2 aromatic rings. The second kappa shape index (κ2) is 17.5. The molecule has 0 radical (unpaired) electrons. The van der Waals surface area contributed by atoms with Gasteiger partial charge in [0.1, 0.15) is 5.75 Å². The second-order valence-electron chi connectivity index (χ2n) is 10.4. The maximum absolute atomic E-state index is 6.02. The van der Waals surface area contributed by atoms with Gasteiger partial charge in [0.2, 0.25) is 0 Å². The molecule has 1 saturated heterocycles. The van der Waals surface area contributed by atoms with Crippen molar-refractivity contribution < 1.29 is 14.2 Å². The molecular weight excluding hydrogens is 446 g/mol. The molecule has 0 aliphatic carbocycles. The standard InChI is InChI=1S/C32H49NO3/c1-3-5-7-9-10-11-13-15-23-34-30-20-17-28(18-21-30)31-22-19-29(24-33-31)32-35-25-27(26-36-32)16-14-12-8-6-4-2/h17-22,24,27,32H,3-16,23,25-26H2,1-2H3. The molecule has 0 atom stereocenters. The first-order valence-electron chi connectivity index (χ1n) is 14.7. The predicted molar refractivity (Wildman–Crippen MR) is 149 cm³/mol. The van der Waals surface area contributed by atoms with E-state index in [2.05, 4.69) is 43.1 Å². The van der Waals surface area contributed by atoms with Gasteiger partial charge in [0.25, 0.3) is 0 Å². The first-order valence-corrected chi connectivity index (χ1v) is 14.7. The lowest BCUT2D eigenvalue weighted by molar-refractivity contribution is -0.206. The van der Waals surface area contributed by atoms with Crippen molar-refractivity contribution in [1.82, 2.24) is 4.98 Å². The SMILES string of the molecule is CCCCCCCCCCOc1ccc(-c2ccc(C3OCC(CCCCCCC)CO3)cn2)cc1. The van der Waals surface area contributed by atoms with Crippen molar-refractivity contribution in [3.63, 3.8) is 0 Å². The van der Waals surface area contributed by atoms with Crippen molar-refractivity contribution in [2.45, 2.75) is 110 Å². The molecule has 1 fully saturated rings. The molecule has 36 heavy (non-hydrogen) atoms. The number of benzene rings is 1. The molecule has 4 nitrogen and oxygen atoms in total. The van der Waals surface area contributed by atoms with Gasteiger partial charge in [0, 0.05) is 23.2 Å². The van der Waals surface area contributed by atoms with Gasteiger partial charge in [-0.05, 0) is 43.2 Å². The normalized spacial score (nSPS) is 17.8. The van der Waals surface area contributed by atoms with Crippen LogP contribution in [0, 0.1) is 5.92 Å². The van der Waals surface area contributed by atoms with Crippen LogP contribution in [0.25, 0.3) is 11.3 Å². The van der Waals surface area contributed by atoms with Crippen molar-refractivity contribution in [3.8, 4) is 17.0 Å². The lowest BCUT2D eigenvalue weighted by atomic mass is 10.0. The van der Waals surface area contributed by atoms with Crippen molar-refractivity contribution in [2.75, 3.05) is 19.8 Å². The first-order chi connectivity index (χ1) is 17.8. The number of rotatable bonds is 18. The molecule has 3 rings (SSSR count). The van der Waals surface area contributed by atoms with Crippen LogP contribution in [-0.4, -0.2) is 24.8 Å². The summed E-state index contributed by atoms with van der Waals surface area (Å²) < 4.78 is 18.0. The summed E-state index contributed by atoms with van der Waals surface area (Å²) >= 11 is 0. The minimum atomic E-state index is -0.296. The molecule has 0 amide bonds. The monoisotopic (exact) mass is 495 g/mol. The van der Waals surface area contributed by atoms with Gasteiger partial charge in [0.05, 0.1) is 25.5 Å². The van der Waals surface area contributed by atoms with E-state index in [1.807, 2.05) is 18.3 Å². The molecule has 1 aromatic heterocycles. The van der Waals surface area contributed by atoms with Gasteiger partial charge >= 0.3 is 0 Å². The lowest BCUT2D eigenvalue weighted by Crippen LogP contribution is -2.27. The zero-order valence-corrected chi connectivity index (χ0v) is 22.9. The highest BCUT2D eigenvalue weighted by Crippen LogP contribution is 2.28. The predicted octanol–water partition coefficient (Wildman–Crippen LogP) is 9.29. The van der Waals surface area contributed by atoms with E-state index in [9.17, 15) is 0 Å². The number of pyridine rings is 1.